The molecule has 0 aromatic heterocycles. The monoisotopic (exact) mass is 412 g/mol. The highest BCUT2D eigenvalue weighted by Crippen LogP contribution is 2.52. The first-order chi connectivity index (χ1) is 14.1. The lowest BCUT2D eigenvalue weighted by atomic mass is 9.65. The Morgan fingerprint density at radius 3 is 2.53 bits per heavy atom. The fourth-order valence-corrected chi connectivity index (χ4v) is 5.88. The number of esters is 1. The Morgan fingerprint density at radius 1 is 1.13 bits per heavy atom. The molecule has 3 aliphatic rings. The zero-order chi connectivity index (χ0) is 21.5. The van der Waals surface area contributed by atoms with Crippen LogP contribution in [0.5, 0.6) is 0 Å². The average molecular weight is 413 g/mol. The first-order valence-corrected chi connectivity index (χ1v) is 11.0. The van der Waals surface area contributed by atoms with Crippen LogP contribution in [0, 0.1) is 10.8 Å². The minimum Gasteiger partial charge on any atom is -0.452 e. The summed E-state index contributed by atoms with van der Waals surface area (Å²) in [4.78, 5) is 40.7. The maximum absolute atomic E-state index is 12.8. The second-order valence-corrected chi connectivity index (χ2v) is 10.4. The Morgan fingerprint density at radius 2 is 1.87 bits per heavy atom. The smallest absolute Gasteiger partial charge is 0.338 e. The second-order valence-electron chi connectivity index (χ2n) is 10.4. The fourth-order valence-electron chi connectivity index (χ4n) is 5.88. The molecule has 0 N–H and O–H groups in total. The SMILES string of the molecule is CC1(C)C[C@@H]2C[C@@](C)(CN2C(=O)COC(=O)c2ccc(CN3CCCC3=O)cc2)C1. The van der Waals surface area contributed by atoms with Crippen LogP contribution in [0.3, 0.4) is 0 Å². The van der Waals surface area contributed by atoms with Crippen LogP contribution in [-0.4, -0.2) is 53.3 Å². The van der Waals surface area contributed by atoms with Crippen LogP contribution in [0.1, 0.15) is 68.8 Å². The van der Waals surface area contributed by atoms with Crippen LogP contribution in [0.25, 0.3) is 0 Å². The number of hydrogen-bond acceptors (Lipinski definition) is 4. The first kappa shape index (κ1) is 20.9. The Hall–Kier alpha value is -2.37. The topological polar surface area (TPSA) is 66.9 Å². The van der Waals surface area contributed by atoms with E-state index in [1.807, 2.05) is 21.9 Å². The molecule has 2 heterocycles. The van der Waals surface area contributed by atoms with Gasteiger partial charge in [0.05, 0.1) is 5.56 Å². The van der Waals surface area contributed by atoms with Crippen LogP contribution in [0.2, 0.25) is 0 Å². The summed E-state index contributed by atoms with van der Waals surface area (Å²) in [7, 11) is 0. The van der Waals surface area contributed by atoms with Gasteiger partial charge in [-0.05, 0) is 54.2 Å². The number of fused-ring (bicyclic) bond motifs is 2. The van der Waals surface area contributed by atoms with Gasteiger partial charge in [-0.1, -0.05) is 32.9 Å². The van der Waals surface area contributed by atoms with Gasteiger partial charge in [0.25, 0.3) is 5.91 Å². The maximum Gasteiger partial charge on any atom is 0.338 e. The molecule has 2 atom stereocenters. The van der Waals surface area contributed by atoms with Crippen molar-refractivity contribution in [1.29, 1.82) is 0 Å². The summed E-state index contributed by atoms with van der Waals surface area (Å²) in [6.45, 7) is 8.70. The normalized spacial score (nSPS) is 27.4. The van der Waals surface area contributed by atoms with Gasteiger partial charge < -0.3 is 14.5 Å². The molecule has 2 saturated heterocycles. The van der Waals surface area contributed by atoms with Gasteiger partial charge >= 0.3 is 5.97 Å². The molecule has 162 valence electrons. The number of likely N-dealkylation sites (tertiary alicyclic amines) is 2. The van der Waals surface area contributed by atoms with Crippen molar-refractivity contribution in [1.82, 2.24) is 9.80 Å². The molecule has 0 spiro atoms. The number of nitrogens with zero attached hydrogens (tertiary/aromatic N) is 2. The van der Waals surface area contributed by atoms with Gasteiger partial charge in [0.15, 0.2) is 6.61 Å². The van der Waals surface area contributed by atoms with Gasteiger partial charge in [0, 0.05) is 32.1 Å². The zero-order valence-corrected chi connectivity index (χ0v) is 18.3. The van der Waals surface area contributed by atoms with Crippen molar-refractivity contribution in [2.24, 2.45) is 10.8 Å². The first-order valence-electron chi connectivity index (χ1n) is 11.0. The van der Waals surface area contributed by atoms with Crippen molar-refractivity contribution in [3.63, 3.8) is 0 Å². The van der Waals surface area contributed by atoms with Crippen LogP contribution in [0.4, 0.5) is 0 Å². The fraction of sp³-hybridized carbons (Fsp3) is 0.625. The summed E-state index contributed by atoms with van der Waals surface area (Å²) in [5.74, 6) is -0.402. The molecule has 1 aromatic carbocycles. The number of carbonyl (C=O) groups excluding carboxylic acids is 3. The molecule has 1 aliphatic carbocycles. The summed E-state index contributed by atoms with van der Waals surface area (Å²) in [5.41, 5.74) is 1.81. The van der Waals surface area contributed by atoms with Crippen LogP contribution >= 0.6 is 0 Å². The molecule has 3 fully saturated rings. The van der Waals surface area contributed by atoms with Gasteiger partial charge in [-0.2, -0.15) is 0 Å². The van der Waals surface area contributed by atoms with E-state index in [1.165, 1.54) is 0 Å². The second kappa shape index (κ2) is 7.71. The molecule has 1 aromatic rings. The van der Waals surface area contributed by atoms with Crippen LogP contribution < -0.4 is 0 Å². The Labute approximate surface area is 178 Å². The van der Waals surface area contributed by atoms with Gasteiger partial charge in [0.1, 0.15) is 0 Å². The number of carbonyl (C=O) groups is 3. The number of amides is 2. The molecule has 0 unspecified atom stereocenters. The van der Waals surface area contributed by atoms with Crippen molar-refractivity contribution < 1.29 is 19.1 Å². The zero-order valence-electron chi connectivity index (χ0n) is 18.3. The standard InChI is InChI=1S/C24H32N2O4/c1-23(2)11-19-12-24(3,15-23)16-26(19)21(28)14-30-22(29)18-8-6-17(7-9-18)13-25-10-4-5-20(25)27/h6-9,19H,4-5,10-16H2,1-3H3/t19-,24-/m1/s1. The Bertz CT molecular complexity index is 847. The molecule has 6 heteroatoms. The molecule has 2 amide bonds. The molecule has 30 heavy (non-hydrogen) atoms. The molecule has 4 rings (SSSR count). The quantitative estimate of drug-likeness (QED) is 0.696. The summed E-state index contributed by atoms with van der Waals surface area (Å²) < 4.78 is 5.33. The van der Waals surface area contributed by atoms with E-state index in [0.29, 0.717) is 18.5 Å². The van der Waals surface area contributed by atoms with Gasteiger partial charge in [0.2, 0.25) is 5.91 Å². The average Bonchev–Trinajstić information content (AvgIpc) is 3.18. The molecule has 2 aliphatic heterocycles. The summed E-state index contributed by atoms with van der Waals surface area (Å²) in [6.07, 6.45) is 4.69. The van der Waals surface area contributed by atoms with E-state index in [-0.39, 0.29) is 35.3 Å². The number of ether oxygens (including phenoxy) is 1. The molecule has 0 radical (unpaired) electrons. The molecular weight excluding hydrogens is 380 g/mol. The lowest BCUT2D eigenvalue weighted by Crippen LogP contribution is -2.39. The highest BCUT2D eigenvalue weighted by atomic mass is 16.5. The van der Waals surface area contributed by atoms with Crippen molar-refractivity contribution in [3.8, 4) is 0 Å². The maximum atomic E-state index is 12.8. The van der Waals surface area contributed by atoms with Crippen LogP contribution in [0.15, 0.2) is 24.3 Å². The van der Waals surface area contributed by atoms with Gasteiger partial charge in [-0.25, -0.2) is 4.79 Å². The molecule has 1 saturated carbocycles. The Balaban J connectivity index is 1.30. The predicted molar refractivity (Wildman–Crippen MR) is 113 cm³/mol. The third-order valence-electron chi connectivity index (χ3n) is 6.80. The Kier molecular flexibility index (Phi) is 5.37. The molecule has 2 bridgehead atoms. The molecule has 6 nitrogen and oxygen atoms in total. The summed E-state index contributed by atoms with van der Waals surface area (Å²) in [5, 5.41) is 0. The summed E-state index contributed by atoms with van der Waals surface area (Å²) >= 11 is 0. The van der Waals surface area contributed by atoms with Gasteiger partial charge in [-0.15, -0.1) is 0 Å². The van der Waals surface area contributed by atoms with E-state index < -0.39 is 5.97 Å². The largest absolute Gasteiger partial charge is 0.452 e. The van der Waals surface area contributed by atoms with Gasteiger partial charge in [-0.3, -0.25) is 9.59 Å². The third kappa shape index (κ3) is 4.37. The minimum atomic E-state index is -0.485. The lowest BCUT2D eigenvalue weighted by molar-refractivity contribution is -0.135. The van der Waals surface area contributed by atoms with E-state index >= 15 is 0 Å². The van der Waals surface area contributed by atoms with Crippen molar-refractivity contribution in [2.75, 3.05) is 19.7 Å². The minimum absolute atomic E-state index is 0.0982. The van der Waals surface area contributed by atoms with E-state index in [9.17, 15) is 14.4 Å². The van der Waals surface area contributed by atoms with E-state index in [0.717, 1.165) is 44.3 Å². The lowest BCUT2D eigenvalue weighted by Gasteiger charge is -2.39. The van der Waals surface area contributed by atoms with E-state index in [2.05, 4.69) is 20.8 Å². The van der Waals surface area contributed by atoms with E-state index in [1.54, 1.807) is 12.1 Å². The number of benzene rings is 1. The van der Waals surface area contributed by atoms with E-state index in [4.69, 9.17) is 4.74 Å². The van der Waals surface area contributed by atoms with Crippen molar-refractivity contribution in [2.45, 2.75) is 65.5 Å². The summed E-state index contributed by atoms with van der Waals surface area (Å²) in [6, 6.07) is 7.34. The number of rotatable bonds is 5. The van der Waals surface area contributed by atoms with Crippen LogP contribution in [-0.2, 0) is 20.9 Å². The highest BCUT2D eigenvalue weighted by molar-refractivity contribution is 5.91. The third-order valence-corrected chi connectivity index (χ3v) is 6.80. The highest BCUT2D eigenvalue weighted by Gasteiger charge is 2.50. The predicted octanol–water partition coefficient (Wildman–Crippen LogP) is 3.39. The number of hydrogen-bond donors (Lipinski definition) is 0. The molecular formula is C24H32N2O4. The van der Waals surface area contributed by atoms with Crippen molar-refractivity contribution in [3.05, 3.63) is 35.4 Å². The van der Waals surface area contributed by atoms with Crippen molar-refractivity contribution >= 4 is 17.8 Å².